The lowest BCUT2D eigenvalue weighted by Gasteiger charge is -2.04. The molecule has 5 N–H and O–H groups in total. The van der Waals surface area contributed by atoms with Gasteiger partial charge in [-0.15, -0.1) is 0 Å². The number of aromatic amines is 1. The molecule has 1 unspecified atom stereocenters. The van der Waals surface area contributed by atoms with Crippen molar-refractivity contribution in [3.8, 4) is 0 Å². The molecule has 6 heteroatoms. The summed E-state index contributed by atoms with van der Waals surface area (Å²) in [6.07, 6.45) is 0.108. The van der Waals surface area contributed by atoms with E-state index < -0.39 is 6.10 Å². The molecule has 78 valence electrons. The summed E-state index contributed by atoms with van der Waals surface area (Å²) in [6.45, 7) is 2.09. The first-order valence-corrected chi connectivity index (χ1v) is 4.36. The van der Waals surface area contributed by atoms with Gasteiger partial charge in [0.05, 0.1) is 6.10 Å². The number of hydrogen-bond acceptors (Lipinski definition) is 4. The second kappa shape index (κ2) is 4.61. The summed E-state index contributed by atoms with van der Waals surface area (Å²) in [4.78, 5) is 11.3. The van der Waals surface area contributed by atoms with Gasteiger partial charge in [-0.1, -0.05) is 0 Å². The molecular weight excluding hydrogens is 184 g/mol. The van der Waals surface area contributed by atoms with E-state index in [0.29, 0.717) is 18.7 Å². The summed E-state index contributed by atoms with van der Waals surface area (Å²) in [7, 11) is 0. The second-order valence-corrected chi connectivity index (χ2v) is 3.10. The minimum atomic E-state index is -0.415. The maximum atomic E-state index is 11.3. The first kappa shape index (κ1) is 10.5. The highest BCUT2D eigenvalue weighted by Gasteiger charge is 2.07. The Labute approximate surface area is 81.5 Å². The number of carbonyl (C=O) groups excluding carboxylic acids is 1. The minimum Gasteiger partial charge on any atom is -0.393 e. The number of aliphatic hydroxyl groups excluding tert-OH is 1. The van der Waals surface area contributed by atoms with Gasteiger partial charge in [-0.05, 0) is 13.3 Å². The van der Waals surface area contributed by atoms with Gasteiger partial charge in [-0.25, -0.2) is 0 Å². The van der Waals surface area contributed by atoms with Gasteiger partial charge >= 0.3 is 0 Å². The van der Waals surface area contributed by atoms with Crippen molar-refractivity contribution in [2.45, 2.75) is 19.4 Å². The number of nitrogens with two attached hydrogens (primary N) is 1. The van der Waals surface area contributed by atoms with E-state index in [9.17, 15) is 4.79 Å². The van der Waals surface area contributed by atoms with Crippen LogP contribution in [0.25, 0.3) is 0 Å². The van der Waals surface area contributed by atoms with Crippen LogP contribution in [0.4, 0.5) is 5.82 Å². The number of nitrogens with one attached hydrogen (secondary N) is 2. The molecule has 0 saturated heterocycles. The zero-order valence-corrected chi connectivity index (χ0v) is 7.95. The number of carbonyl (C=O) groups is 1. The first-order valence-electron chi connectivity index (χ1n) is 4.36. The van der Waals surface area contributed by atoms with Crippen molar-refractivity contribution in [2.24, 2.45) is 0 Å². The number of aliphatic hydroxyl groups is 1. The van der Waals surface area contributed by atoms with E-state index in [0.717, 1.165) is 0 Å². The van der Waals surface area contributed by atoms with Gasteiger partial charge in [-0.3, -0.25) is 9.89 Å². The SMILES string of the molecule is CC(O)CCNC(=O)c1cc(N)n[nH]1. The molecule has 1 atom stereocenters. The Balaban J connectivity index is 2.36. The van der Waals surface area contributed by atoms with Crippen LogP contribution in [-0.4, -0.2) is 33.9 Å². The van der Waals surface area contributed by atoms with E-state index in [4.69, 9.17) is 10.8 Å². The van der Waals surface area contributed by atoms with E-state index in [2.05, 4.69) is 15.5 Å². The van der Waals surface area contributed by atoms with Crippen LogP contribution in [0.15, 0.2) is 6.07 Å². The molecule has 0 saturated carbocycles. The number of amides is 1. The van der Waals surface area contributed by atoms with Crippen LogP contribution in [0.5, 0.6) is 0 Å². The number of rotatable bonds is 4. The third-order valence-corrected chi connectivity index (χ3v) is 1.69. The number of nitrogens with zero attached hydrogens (tertiary/aromatic N) is 1. The third-order valence-electron chi connectivity index (χ3n) is 1.69. The summed E-state index contributed by atoms with van der Waals surface area (Å²) >= 11 is 0. The zero-order chi connectivity index (χ0) is 10.6. The molecule has 1 heterocycles. The Hall–Kier alpha value is -1.56. The molecule has 0 spiro atoms. The largest absolute Gasteiger partial charge is 0.393 e. The zero-order valence-electron chi connectivity index (χ0n) is 7.95. The van der Waals surface area contributed by atoms with E-state index in [1.165, 1.54) is 6.07 Å². The molecule has 0 aromatic carbocycles. The van der Waals surface area contributed by atoms with Gasteiger partial charge in [-0.2, -0.15) is 5.10 Å². The summed E-state index contributed by atoms with van der Waals surface area (Å²) in [5.41, 5.74) is 5.66. The maximum Gasteiger partial charge on any atom is 0.269 e. The first-order chi connectivity index (χ1) is 6.59. The summed E-state index contributed by atoms with van der Waals surface area (Å²) < 4.78 is 0. The highest BCUT2D eigenvalue weighted by molar-refractivity contribution is 5.92. The monoisotopic (exact) mass is 198 g/mol. The van der Waals surface area contributed by atoms with E-state index in [1.54, 1.807) is 6.92 Å². The van der Waals surface area contributed by atoms with Crippen molar-refractivity contribution < 1.29 is 9.90 Å². The van der Waals surface area contributed by atoms with E-state index >= 15 is 0 Å². The number of H-pyrrole nitrogens is 1. The molecule has 0 radical (unpaired) electrons. The second-order valence-electron chi connectivity index (χ2n) is 3.10. The molecule has 0 bridgehead atoms. The molecule has 6 nitrogen and oxygen atoms in total. The third kappa shape index (κ3) is 3.06. The van der Waals surface area contributed by atoms with Crippen molar-refractivity contribution in [1.29, 1.82) is 0 Å². The van der Waals surface area contributed by atoms with Gasteiger partial charge in [0.1, 0.15) is 11.5 Å². The molecule has 0 aliphatic heterocycles. The molecule has 1 amide bonds. The van der Waals surface area contributed by atoms with Crippen molar-refractivity contribution in [2.75, 3.05) is 12.3 Å². The van der Waals surface area contributed by atoms with Gasteiger partial charge < -0.3 is 16.2 Å². The fourth-order valence-corrected chi connectivity index (χ4v) is 0.943. The van der Waals surface area contributed by atoms with Crippen LogP contribution in [0.2, 0.25) is 0 Å². The standard InChI is InChI=1S/C8H14N4O2/c1-5(13)2-3-10-8(14)6-4-7(9)12-11-6/h4-5,13H,2-3H2,1H3,(H,10,14)(H3,9,11,12). The summed E-state index contributed by atoms with van der Waals surface area (Å²) in [5.74, 6) is 0.0144. The van der Waals surface area contributed by atoms with Crippen molar-refractivity contribution in [3.05, 3.63) is 11.8 Å². The van der Waals surface area contributed by atoms with Crippen LogP contribution in [-0.2, 0) is 0 Å². The summed E-state index contributed by atoms with van der Waals surface area (Å²) in [6, 6.07) is 1.46. The van der Waals surface area contributed by atoms with Gasteiger partial charge in [0.15, 0.2) is 0 Å². The van der Waals surface area contributed by atoms with Crippen LogP contribution < -0.4 is 11.1 Å². The Kier molecular flexibility index (Phi) is 3.47. The number of aromatic nitrogens is 2. The average molecular weight is 198 g/mol. The average Bonchev–Trinajstić information content (AvgIpc) is 2.51. The molecule has 1 aromatic rings. The molecule has 1 rings (SSSR count). The predicted octanol–water partition coefficient (Wildman–Crippen LogP) is -0.507. The Bertz CT molecular complexity index is 308. The minimum absolute atomic E-state index is 0.269. The molecular formula is C8H14N4O2. The van der Waals surface area contributed by atoms with E-state index in [1.807, 2.05) is 0 Å². The van der Waals surface area contributed by atoms with Gasteiger partial charge in [0, 0.05) is 12.6 Å². The lowest BCUT2D eigenvalue weighted by molar-refractivity contribution is 0.0940. The van der Waals surface area contributed by atoms with E-state index in [-0.39, 0.29) is 11.7 Å². The van der Waals surface area contributed by atoms with Gasteiger partial charge in [0.2, 0.25) is 0 Å². The Morgan fingerprint density at radius 3 is 3.07 bits per heavy atom. The molecule has 1 aromatic heterocycles. The lowest BCUT2D eigenvalue weighted by atomic mass is 10.3. The Morgan fingerprint density at radius 1 is 1.86 bits per heavy atom. The fraction of sp³-hybridized carbons (Fsp3) is 0.500. The molecule has 0 aliphatic carbocycles. The number of hydrogen-bond donors (Lipinski definition) is 4. The van der Waals surface area contributed by atoms with Crippen molar-refractivity contribution >= 4 is 11.7 Å². The van der Waals surface area contributed by atoms with Crippen LogP contribution >= 0.6 is 0 Å². The number of anilines is 1. The van der Waals surface area contributed by atoms with Crippen LogP contribution in [0.3, 0.4) is 0 Å². The molecule has 0 aliphatic rings. The maximum absolute atomic E-state index is 11.3. The quantitative estimate of drug-likeness (QED) is 0.523. The smallest absolute Gasteiger partial charge is 0.269 e. The topological polar surface area (TPSA) is 104 Å². The van der Waals surface area contributed by atoms with Crippen molar-refractivity contribution in [3.63, 3.8) is 0 Å². The summed E-state index contributed by atoms with van der Waals surface area (Å²) in [5, 5.41) is 17.7. The predicted molar refractivity (Wildman–Crippen MR) is 51.6 cm³/mol. The van der Waals surface area contributed by atoms with Crippen LogP contribution in [0.1, 0.15) is 23.8 Å². The normalized spacial score (nSPS) is 12.4. The van der Waals surface area contributed by atoms with Crippen molar-refractivity contribution in [1.82, 2.24) is 15.5 Å². The van der Waals surface area contributed by atoms with Crippen LogP contribution in [0, 0.1) is 0 Å². The van der Waals surface area contributed by atoms with Gasteiger partial charge in [0.25, 0.3) is 5.91 Å². The lowest BCUT2D eigenvalue weighted by Crippen LogP contribution is -2.26. The fourth-order valence-electron chi connectivity index (χ4n) is 0.943. The highest BCUT2D eigenvalue weighted by atomic mass is 16.3. The molecule has 0 fully saturated rings. The highest BCUT2D eigenvalue weighted by Crippen LogP contribution is 1.99. The number of nitrogen functional groups attached to an aromatic ring is 1. The molecule has 14 heavy (non-hydrogen) atoms. The Morgan fingerprint density at radius 2 is 2.57 bits per heavy atom.